The first-order valence-electron chi connectivity index (χ1n) is 8.54. The van der Waals surface area contributed by atoms with E-state index < -0.39 is 18.0 Å². The van der Waals surface area contributed by atoms with Crippen LogP contribution in [0.2, 0.25) is 0 Å². The predicted octanol–water partition coefficient (Wildman–Crippen LogP) is 3.33. The first kappa shape index (κ1) is 21.3. The number of ether oxygens (including phenoxy) is 2. The summed E-state index contributed by atoms with van der Waals surface area (Å²) in [5, 5.41) is 0. The van der Waals surface area contributed by atoms with Gasteiger partial charge in [-0.2, -0.15) is 4.99 Å². The number of hydrogen-bond acceptors (Lipinski definition) is 6. The molecular formula is C17H29NO5. The molecule has 0 aliphatic carbocycles. The van der Waals surface area contributed by atoms with E-state index in [0.717, 1.165) is 51.4 Å². The predicted molar refractivity (Wildman–Crippen MR) is 86.7 cm³/mol. The van der Waals surface area contributed by atoms with Gasteiger partial charge in [0.1, 0.15) is 0 Å². The Labute approximate surface area is 138 Å². The molecule has 1 unspecified atom stereocenters. The number of hydrogen-bond donors (Lipinski definition) is 0. The van der Waals surface area contributed by atoms with Crippen molar-refractivity contribution in [2.75, 3.05) is 13.2 Å². The summed E-state index contributed by atoms with van der Waals surface area (Å²) >= 11 is 0. The Kier molecular flexibility index (Phi) is 14.1. The lowest BCUT2D eigenvalue weighted by Gasteiger charge is -2.10. The Hall–Kier alpha value is -1.68. The Morgan fingerprint density at radius 1 is 0.913 bits per heavy atom. The van der Waals surface area contributed by atoms with Gasteiger partial charge < -0.3 is 9.47 Å². The van der Waals surface area contributed by atoms with E-state index in [-0.39, 0.29) is 13.0 Å². The molecule has 0 aromatic carbocycles. The van der Waals surface area contributed by atoms with Crippen molar-refractivity contribution in [2.45, 2.75) is 77.7 Å². The second-order valence-electron chi connectivity index (χ2n) is 5.45. The average Bonchev–Trinajstić information content (AvgIpc) is 2.54. The van der Waals surface area contributed by atoms with Gasteiger partial charge in [0.2, 0.25) is 6.08 Å². The van der Waals surface area contributed by atoms with Crippen LogP contribution in [-0.2, 0) is 23.9 Å². The summed E-state index contributed by atoms with van der Waals surface area (Å²) in [6.07, 6.45) is 8.95. The maximum atomic E-state index is 11.8. The third-order valence-corrected chi connectivity index (χ3v) is 3.34. The standard InChI is InChI=1S/C17H29NO5/c1-3-5-7-9-11-22-16(20)13-15(18-14-19)17(21)23-12-10-8-6-4-2/h15H,3-13H2,1-2H3. The van der Waals surface area contributed by atoms with Crippen molar-refractivity contribution in [3.8, 4) is 0 Å². The van der Waals surface area contributed by atoms with Crippen molar-refractivity contribution in [2.24, 2.45) is 4.99 Å². The minimum absolute atomic E-state index is 0.274. The first-order chi connectivity index (χ1) is 11.2. The van der Waals surface area contributed by atoms with Gasteiger partial charge in [-0.1, -0.05) is 52.4 Å². The van der Waals surface area contributed by atoms with E-state index in [2.05, 4.69) is 18.8 Å². The molecular weight excluding hydrogens is 298 g/mol. The van der Waals surface area contributed by atoms with Gasteiger partial charge in [-0.05, 0) is 12.8 Å². The molecule has 0 heterocycles. The number of rotatable bonds is 14. The third-order valence-electron chi connectivity index (χ3n) is 3.34. The maximum absolute atomic E-state index is 11.8. The van der Waals surface area contributed by atoms with Crippen molar-refractivity contribution in [1.82, 2.24) is 0 Å². The Bertz CT molecular complexity index is 377. The summed E-state index contributed by atoms with van der Waals surface area (Å²) in [7, 11) is 0. The monoisotopic (exact) mass is 327 g/mol. The molecule has 0 saturated heterocycles. The lowest BCUT2D eigenvalue weighted by molar-refractivity contribution is -0.151. The average molecular weight is 327 g/mol. The van der Waals surface area contributed by atoms with Crippen LogP contribution in [0.3, 0.4) is 0 Å². The second-order valence-corrected chi connectivity index (χ2v) is 5.45. The molecule has 0 spiro atoms. The van der Waals surface area contributed by atoms with Crippen LogP contribution in [0.1, 0.15) is 71.6 Å². The van der Waals surface area contributed by atoms with E-state index >= 15 is 0 Å². The van der Waals surface area contributed by atoms with Gasteiger partial charge in [-0.25, -0.2) is 9.59 Å². The van der Waals surface area contributed by atoms with E-state index in [4.69, 9.17) is 9.47 Å². The van der Waals surface area contributed by atoms with Crippen LogP contribution in [0.4, 0.5) is 0 Å². The minimum Gasteiger partial charge on any atom is -0.466 e. The molecule has 0 aliphatic rings. The zero-order chi connectivity index (χ0) is 17.3. The Balaban J connectivity index is 4.05. The first-order valence-corrected chi connectivity index (χ1v) is 8.54. The summed E-state index contributed by atoms with van der Waals surface area (Å²) < 4.78 is 10.1. The van der Waals surface area contributed by atoms with Crippen LogP contribution in [0.5, 0.6) is 0 Å². The van der Waals surface area contributed by atoms with E-state index in [9.17, 15) is 14.4 Å². The molecule has 0 bridgehead atoms. The van der Waals surface area contributed by atoms with Gasteiger partial charge in [0.25, 0.3) is 0 Å². The van der Waals surface area contributed by atoms with Gasteiger partial charge in [0, 0.05) is 0 Å². The fourth-order valence-electron chi connectivity index (χ4n) is 1.97. The van der Waals surface area contributed by atoms with Crippen molar-refractivity contribution < 1.29 is 23.9 Å². The largest absolute Gasteiger partial charge is 0.466 e. The highest BCUT2D eigenvalue weighted by molar-refractivity contribution is 5.83. The maximum Gasteiger partial charge on any atom is 0.332 e. The summed E-state index contributed by atoms with van der Waals surface area (Å²) in [4.78, 5) is 37.2. The molecule has 1 atom stereocenters. The fraction of sp³-hybridized carbons (Fsp3) is 0.824. The highest BCUT2D eigenvalue weighted by Crippen LogP contribution is 2.06. The van der Waals surface area contributed by atoms with Crippen LogP contribution in [-0.4, -0.2) is 37.3 Å². The Morgan fingerprint density at radius 3 is 2.00 bits per heavy atom. The fourth-order valence-corrected chi connectivity index (χ4v) is 1.97. The van der Waals surface area contributed by atoms with E-state index in [1.807, 2.05) is 0 Å². The van der Waals surface area contributed by atoms with Crippen molar-refractivity contribution in [1.29, 1.82) is 0 Å². The topological polar surface area (TPSA) is 82.0 Å². The lowest BCUT2D eigenvalue weighted by atomic mass is 10.2. The second kappa shape index (κ2) is 15.2. The van der Waals surface area contributed by atoms with Crippen LogP contribution in [0.15, 0.2) is 4.99 Å². The van der Waals surface area contributed by atoms with Crippen LogP contribution in [0, 0.1) is 0 Å². The quantitative estimate of drug-likeness (QED) is 0.211. The van der Waals surface area contributed by atoms with E-state index in [0.29, 0.717) is 6.61 Å². The zero-order valence-corrected chi connectivity index (χ0v) is 14.3. The molecule has 0 amide bonds. The molecule has 0 N–H and O–H groups in total. The number of aliphatic imine (C=N–C) groups is 1. The molecule has 0 aliphatic heterocycles. The van der Waals surface area contributed by atoms with Gasteiger partial charge in [0.05, 0.1) is 19.6 Å². The molecule has 0 radical (unpaired) electrons. The molecule has 23 heavy (non-hydrogen) atoms. The number of isocyanates is 1. The molecule has 132 valence electrons. The normalized spacial score (nSPS) is 11.4. The number of unbranched alkanes of at least 4 members (excludes halogenated alkanes) is 6. The molecule has 0 fully saturated rings. The molecule has 0 rings (SSSR count). The van der Waals surface area contributed by atoms with Crippen LogP contribution in [0.25, 0.3) is 0 Å². The minimum atomic E-state index is -1.15. The number of carbonyl (C=O) groups is 2. The zero-order valence-electron chi connectivity index (χ0n) is 14.3. The molecule has 6 nitrogen and oxygen atoms in total. The summed E-state index contributed by atoms with van der Waals surface area (Å²) in [5.74, 6) is -1.22. The number of carbonyl (C=O) groups excluding carboxylic acids is 3. The summed E-state index contributed by atoms with van der Waals surface area (Å²) in [6.45, 7) is 4.79. The number of esters is 2. The summed E-state index contributed by atoms with van der Waals surface area (Å²) in [5.41, 5.74) is 0. The molecule has 0 aromatic heterocycles. The highest BCUT2D eigenvalue weighted by atomic mass is 16.5. The van der Waals surface area contributed by atoms with Crippen molar-refractivity contribution in [3.63, 3.8) is 0 Å². The van der Waals surface area contributed by atoms with Crippen LogP contribution >= 0.6 is 0 Å². The number of nitrogens with zero attached hydrogens (tertiary/aromatic N) is 1. The Morgan fingerprint density at radius 2 is 1.48 bits per heavy atom. The lowest BCUT2D eigenvalue weighted by Crippen LogP contribution is -2.26. The highest BCUT2D eigenvalue weighted by Gasteiger charge is 2.23. The SMILES string of the molecule is CCCCCCOC(=O)CC(N=C=O)C(=O)OCCCCCC. The van der Waals surface area contributed by atoms with Crippen molar-refractivity contribution in [3.05, 3.63) is 0 Å². The molecule has 6 heteroatoms. The van der Waals surface area contributed by atoms with Crippen LogP contribution < -0.4 is 0 Å². The van der Waals surface area contributed by atoms with Gasteiger partial charge in [0.15, 0.2) is 6.04 Å². The van der Waals surface area contributed by atoms with Gasteiger partial charge in [-0.3, -0.25) is 4.79 Å². The van der Waals surface area contributed by atoms with E-state index in [1.165, 1.54) is 6.08 Å². The van der Waals surface area contributed by atoms with Gasteiger partial charge in [-0.15, -0.1) is 0 Å². The smallest absolute Gasteiger partial charge is 0.332 e. The molecule has 0 aromatic rings. The third kappa shape index (κ3) is 12.5. The molecule has 0 saturated carbocycles. The summed E-state index contributed by atoms with van der Waals surface area (Å²) in [6, 6.07) is -1.15. The van der Waals surface area contributed by atoms with E-state index in [1.54, 1.807) is 0 Å². The van der Waals surface area contributed by atoms with Crippen molar-refractivity contribution >= 4 is 18.0 Å². The van der Waals surface area contributed by atoms with Gasteiger partial charge >= 0.3 is 11.9 Å².